The van der Waals surface area contributed by atoms with E-state index < -0.39 is 17.4 Å². The summed E-state index contributed by atoms with van der Waals surface area (Å²) in [7, 11) is 3.04. The van der Waals surface area contributed by atoms with E-state index >= 15 is 0 Å². The van der Waals surface area contributed by atoms with Crippen molar-refractivity contribution in [1.82, 2.24) is 15.1 Å². The average Bonchev–Trinajstić information content (AvgIpc) is 3.07. The largest absolute Gasteiger partial charge is 0.493 e. The van der Waals surface area contributed by atoms with Gasteiger partial charge >= 0.3 is 6.03 Å². The number of ether oxygens (including phenoxy) is 2. The molecule has 4 amide bonds. The number of nitrogens with one attached hydrogen (secondary N) is 1. The van der Waals surface area contributed by atoms with Crippen molar-refractivity contribution in [2.24, 2.45) is 5.92 Å². The monoisotopic (exact) mass is 469 g/mol. The molecule has 4 rings (SSSR count). The van der Waals surface area contributed by atoms with Gasteiger partial charge in [0.15, 0.2) is 11.5 Å². The number of piperidine rings is 1. The second-order valence-corrected chi connectivity index (χ2v) is 8.75. The van der Waals surface area contributed by atoms with Crippen molar-refractivity contribution >= 4 is 17.8 Å². The summed E-state index contributed by atoms with van der Waals surface area (Å²) in [5, 5.41) is 2.89. The van der Waals surface area contributed by atoms with Gasteiger partial charge in [-0.05, 0) is 56.0 Å². The van der Waals surface area contributed by atoms with E-state index in [4.69, 9.17) is 9.47 Å². The van der Waals surface area contributed by atoms with Gasteiger partial charge < -0.3 is 19.7 Å². The lowest BCUT2D eigenvalue weighted by Gasteiger charge is -2.39. The maximum Gasteiger partial charge on any atom is 0.325 e. The van der Waals surface area contributed by atoms with Crippen LogP contribution in [0.4, 0.5) is 9.18 Å². The van der Waals surface area contributed by atoms with Crippen molar-refractivity contribution in [2.75, 3.05) is 27.3 Å². The number of likely N-dealkylation sites (tertiary alicyclic amines) is 1. The lowest BCUT2D eigenvalue weighted by Crippen LogP contribution is -2.54. The van der Waals surface area contributed by atoms with Crippen LogP contribution >= 0.6 is 0 Å². The Balaban J connectivity index is 1.45. The summed E-state index contributed by atoms with van der Waals surface area (Å²) in [6.07, 6.45) is 1.12. The number of rotatable bonds is 6. The molecule has 180 valence electrons. The molecule has 1 N–H and O–H groups in total. The molecule has 0 saturated carbocycles. The molecule has 0 bridgehead atoms. The number of amides is 4. The molecule has 34 heavy (non-hydrogen) atoms. The van der Waals surface area contributed by atoms with E-state index in [1.165, 1.54) is 43.4 Å². The van der Waals surface area contributed by atoms with Crippen LogP contribution in [-0.4, -0.2) is 60.5 Å². The van der Waals surface area contributed by atoms with E-state index in [1.807, 2.05) is 0 Å². The summed E-state index contributed by atoms with van der Waals surface area (Å²) in [4.78, 5) is 41.9. The minimum Gasteiger partial charge on any atom is -0.493 e. The summed E-state index contributed by atoms with van der Waals surface area (Å²) in [6, 6.07) is 10.3. The van der Waals surface area contributed by atoms with Crippen molar-refractivity contribution in [2.45, 2.75) is 31.8 Å². The summed E-state index contributed by atoms with van der Waals surface area (Å²) < 4.78 is 23.9. The van der Waals surface area contributed by atoms with Crippen LogP contribution in [0.2, 0.25) is 0 Å². The summed E-state index contributed by atoms with van der Waals surface area (Å²) in [5.41, 5.74) is 0.0258. The Morgan fingerprint density at radius 3 is 2.38 bits per heavy atom. The minimum atomic E-state index is -1.06. The molecule has 2 aliphatic heterocycles. The van der Waals surface area contributed by atoms with E-state index in [0.717, 1.165) is 0 Å². The number of urea groups is 1. The number of methoxy groups -OCH3 is 2. The van der Waals surface area contributed by atoms with Crippen molar-refractivity contribution in [3.8, 4) is 11.5 Å². The highest BCUT2D eigenvalue weighted by Crippen LogP contribution is 2.36. The molecule has 2 aliphatic rings. The highest BCUT2D eigenvalue weighted by atomic mass is 19.1. The Hall–Kier alpha value is -3.62. The Labute approximate surface area is 197 Å². The van der Waals surface area contributed by atoms with E-state index in [1.54, 1.807) is 30.0 Å². The predicted molar refractivity (Wildman–Crippen MR) is 122 cm³/mol. The van der Waals surface area contributed by atoms with Gasteiger partial charge in [0.1, 0.15) is 11.4 Å². The number of carbonyl (C=O) groups excluding carboxylic acids is 3. The molecule has 1 atom stereocenters. The molecule has 2 aromatic rings. The number of imide groups is 1. The normalized spacial score (nSPS) is 20.9. The van der Waals surface area contributed by atoms with Gasteiger partial charge in [-0.3, -0.25) is 14.5 Å². The Kier molecular flexibility index (Phi) is 6.45. The SMILES string of the molecule is COc1cccc(CN2C(=O)NC(C)(C3CCN(C(=O)c4ccc(F)cc4)CC3)C2=O)c1OC. The smallest absolute Gasteiger partial charge is 0.325 e. The van der Waals surface area contributed by atoms with Crippen molar-refractivity contribution < 1.29 is 28.2 Å². The number of nitrogens with zero attached hydrogens (tertiary/aromatic N) is 2. The van der Waals surface area contributed by atoms with E-state index in [0.29, 0.717) is 48.6 Å². The van der Waals surface area contributed by atoms with Crippen molar-refractivity contribution in [3.63, 3.8) is 0 Å². The Bertz CT molecular complexity index is 1100. The maximum atomic E-state index is 13.4. The first kappa shape index (κ1) is 23.5. The van der Waals surface area contributed by atoms with Gasteiger partial charge in [0, 0.05) is 24.2 Å². The third-order valence-corrected chi connectivity index (χ3v) is 6.80. The van der Waals surface area contributed by atoms with Crippen LogP contribution in [0.25, 0.3) is 0 Å². The zero-order valence-electron chi connectivity index (χ0n) is 19.5. The van der Waals surface area contributed by atoms with Crippen LogP contribution in [0, 0.1) is 11.7 Å². The highest BCUT2D eigenvalue weighted by molar-refractivity contribution is 6.07. The van der Waals surface area contributed by atoms with Gasteiger partial charge in [0.2, 0.25) is 0 Å². The molecule has 0 aliphatic carbocycles. The van der Waals surface area contributed by atoms with Gasteiger partial charge in [0.25, 0.3) is 11.8 Å². The van der Waals surface area contributed by atoms with Crippen LogP contribution < -0.4 is 14.8 Å². The lowest BCUT2D eigenvalue weighted by molar-refractivity contribution is -0.133. The fraction of sp³-hybridized carbons (Fsp3) is 0.400. The van der Waals surface area contributed by atoms with Gasteiger partial charge in [-0.15, -0.1) is 0 Å². The first-order chi connectivity index (χ1) is 16.3. The summed E-state index contributed by atoms with van der Waals surface area (Å²) in [5.74, 6) is 0.0101. The van der Waals surface area contributed by atoms with Crippen LogP contribution in [-0.2, 0) is 11.3 Å². The number of halogens is 1. The molecule has 8 nitrogen and oxygen atoms in total. The van der Waals surface area contributed by atoms with Crippen molar-refractivity contribution in [1.29, 1.82) is 0 Å². The Morgan fingerprint density at radius 1 is 1.09 bits per heavy atom. The van der Waals surface area contributed by atoms with Gasteiger partial charge in [-0.25, -0.2) is 9.18 Å². The molecule has 9 heteroatoms. The van der Waals surface area contributed by atoms with Crippen LogP contribution in [0.5, 0.6) is 11.5 Å². The van der Waals surface area contributed by atoms with Gasteiger partial charge in [0.05, 0.1) is 20.8 Å². The lowest BCUT2D eigenvalue weighted by atomic mass is 9.78. The van der Waals surface area contributed by atoms with Gasteiger partial charge in [-0.1, -0.05) is 12.1 Å². The number of hydrogen-bond donors (Lipinski definition) is 1. The molecule has 2 aromatic carbocycles. The molecule has 0 spiro atoms. The zero-order chi connectivity index (χ0) is 24.5. The second-order valence-electron chi connectivity index (χ2n) is 8.75. The number of hydrogen-bond acceptors (Lipinski definition) is 5. The quantitative estimate of drug-likeness (QED) is 0.657. The molecule has 0 aromatic heterocycles. The standard InChI is InChI=1S/C25H28FN3O5/c1-25(18-11-13-28(14-12-18)22(30)16-7-9-19(26)10-8-16)23(31)29(24(32)27-25)15-17-5-4-6-20(33-2)21(17)34-3/h4-10,18H,11-15H2,1-3H3,(H,27,32). The Morgan fingerprint density at radius 2 is 1.76 bits per heavy atom. The summed E-state index contributed by atoms with van der Waals surface area (Å²) >= 11 is 0. The van der Waals surface area contributed by atoms with Crippen LogP contribution in [0.1, 0.15) is 35.7 Å². The van der Waals surface area contributed by atoms with E-state index in [-0.39, 0.29) is 24.3 Å². The second kappa shape index (κ2) is 9.32. The number of carbonyl (C=O) groups is 3. The maximum absolute atomic E-state index is 13.4. The summed E-state index contributed by atoms with van der Waals surface area (Å²) in [6.45, 7) is 2.70. The third kappa shape index (κ3) is 4.18. The molecule has 1 unspecified atom stereocenters. The molecule has 2 saturated heterocycles. The highest BCUT2D eigenvalue weighted by Gasteiger charge is 2.53. The first-order valence-electron chi connectivity index (χ1n) is 11.2. The fourth-order valence-electron chi connectivity index (χ4n) is 4.82. The topological polar surface area (TPSA) is 88.2 Å². The third-order valence-electron chi connectivity index (χ3n) is 6.80. The fourth-order valence-corrected chi connectivity index (χ4v) is 4.82. The molecule has 2 fully saturated rings. The average molecular weight is 470 g/mol. The zero-order valence-corrected chi connectivity index (χ0v) is 19.5. The molecule has 0 radical (unpaired) electrons. The predicted octanol–water partition coefficient (Wildman–Crippen LogP) is 3.21. The molecular formula is C25H28FN3O5. The number of benzene rings is 2. The molecular weight excluding hydrogens is 441 g/mol. The first-order valence-corrected chi connectivity index (χ1v) is 11.2. The van der Waals surface area contributed by atoms with Crippen LogP contribution in [0.3, 0.4) is 0 Å². The van der Waals surface area contributed by atoms with E-state index in [9.17, 15) is 18.8 Å². The van der Waals surface area contributed by atoms with Crippen LogP contribution in [0.15, 0.2) is 42.5 Å². The van der Waals surface area contributed by atoms with E-state index in [2.05, 4.69) is 5.32 Å². The minimum absolute atomic E-state index is 0.0581. The van der Waals surface area contributed by atoms with Gasteiger partial charge in [-0.2, -0.15) is 0 Å². The van der Waals surface area contributed by atoms with Crippen molar-refractivity contribution in [3.05, 3.63) is 59.4 Å². The molecule has 2 heterocycles. The number of para-hydroxylation sites is 1.